The van der Waals surface area contributed by atoms with E-state index in [0.29, 0.717) is 6.04 Å². The maximum Gasteiger partial charge on any atom is 0.120 e. The van der Waals surface area contributed by atoms with Crippen molar-refractivity contribution in [1.29, 1.82) is 0 Å². The second kappa shape index (κ2) is 5.45. The molecular weight excluding hydrogens is 246 g/mol. The van der Waals surface area contributed by atoms with Crippen molar-refractivity contribution >= 4 is 0 Å². The molecule has 2 heteroatoms. The van der Waals surface area contributed by atoms with Crippen molar-refractivity contribution in [2.75, 3.05) is 0 Å². The van der Waals surface area contributed by atoms with E-state index in [1.807, 2.05) is 13.0 Å². The predicted molar refractivity (Wildman–Crippen MR) is 81.6 cm³/mol. The standard InChI is InChI=1S/C18H23NO/c1-12-4-7-15(8-5-12)18(16-9-10-16)19-14(3)17-11-6-13(2)20-17/h4-8,11,14,16,18-19H,9-10H2,1-3H3. The van der Waals surface area contributed by atoms with Crippen LogP contribution in [-0.2, 0) is 0 Å². The summed E-state index contributed by atoms with van der Waals surface area (Å²) in [6, 6.07) is 13.7. The Morgan fingerprint density at radius 2 is 1.75 bits per heavy atom. The van der Waals surface area contributed by atoms with Crippen molar-refractivity contribution < 1.29 is 4.42 Å². The minimum atomic E-state index is 0.246. The fraction of sp³-hybridized carbons (Fsp3) is 0.444. The summed E-state index contributed by atoms with van der Waals surface area (Å²) < 4.78 is 5.74. The molecule has 1 saturated carbocycles. The second-order valence-electron chi connectivity index (χ2n) is 6.06. The van der Waals surface area contributed by atoms with Gasteiger partial charge in [-0.1, -0.05) is 29.8 Å². The number of aryl methyl sites for hydroxylation is 2. The number of nitrogens with one attached hydrogen (secondary N) is 1. The first-order chi connectivity index (χ1) is 9.63. The zero-order valence-electron chi connectivity index (χ0n) is 12.5. The molecule has 3 rings (SSSR count). The van der Waals surface area contributed by atoms with Crippen LogP contribution in [0.5, 0.6) is 0 Å². The van der Waals surface area contributed by atoms with E-state index in [9.17, 15) is 0 Å². The molecule has 1 aliphatic carbocycles. The van der Waals surface area contributed by atoms with Crippen LogP contribution < -0.4 is 5.32 Å². The van der Waals surface area contributed by atoms with Gasteiger partial charge in [0, 0.05) is 6.04 Å². The Hall–Kier alpha value is -1.54. The van der Waals surface area contributed by atoms with Gasteiger partial charge >= 0.3 is 0 Å². The molecule has 1 fully saturated rings. The summed E-state index contributed by atoms with van der Waals surface area (Å²) in [5, 5.41) is 3.75. The first-order valence-electron chi connectivity index (χ1n) is 7.52. The molecule has 1 aromatic heterocycles. The van der Waals surface area contributed by atoms with Crippen LogP contribution in [0.25, 0.3) is 0 Å². The minimum absolute atomic E-state index is 0.246. The van der Waals surface area contributed by atoms with Crippen molar-refractivity contribution in [2.24, 2.45) is 5.92 Å². The van der Waals surface area contributed by atoms with E-state index in [1.54, 1.807) is 0 Å². The Balaban J connectivity index is 1.76. The van der Waals surface area contributed by atoms with Crippen molar-refractivity contribution in [3.05, 3.63) is 59.0 Å². The van der Waals surface area contributed by atoms with Crippen molar-refractivity contribution in [1.82, 2.24) is 5.32 Å². The van der Waals surface area contributed by atoms with E-state index in [4.69, 9.17) is 4.42 Å². The first kappa shape index (κ1) is 13.4. The molecule has 1 aromatic carbocycles. The molecule has 0 saturated heterocycles. The topological polar surface area (TPSA) is 25.2 Å². The van der Waals surface area contributed by atoms with Gasteiger partial charge in [-0.3, -0.25) is 0 Å². The summed E-state index contributed by atoms with van der Waals surface area (Å²) in [4.78, 5) is 0. The molecule has 1 N–H and O–H groups in total. The van der Waals surface area contributed by atoms with Gasteiger partial charge in [-0.05, 0) is 57.2 Å². The summed E-state index contributed by atoms with van der Waals surface area (Å²) >= 11 is 0. The number of rotatable bonds is 5. The molecule has 0 bridgehead atoms. The highest BCUT2D eigenvalue weighted by Gasteiger charge is 2.33. The number of furan rings is 1. The lowest BCUT2D eigenvalue weighted by Crippen LogP contribution is -2.26. The Kier molecular flexibility index (Phi) is 3.66. The Bertz CT molecular complexity index is 565. The normalized spacial score (nSPS) is 17.9. The Morgan fingerprint density at radius 1 is 1.05 bits per heavy atom. The molecule has 0 spiro atoms. The molecule has 0 radical (unpaired) electrons. The fourth-order valence-electron chi connectivity index (χ4n) is 2.75. The van der Waals surface area contributed by atoms with Crippen LogP contribution >= 0.6 is 0 Å². The summed E-state index contributed by atoms with van der Waals surface area (Å²) in [6.45, 7) is 6.31. The van der Waals surface area contributed by atoms with Gasteiger partial charge in [0.1, 0.15) is 11.5 Å². The molecule has 20 heavy (non-hydrogen) atoms. The molecule has 0 amide bonds. The lowest BCUT2D eigenvalue weighted by molar-refractivity contribution is 0.365. The van der Waals surface area contributed by atoms with Gasteiger partial charge in [0.2, 0.25) is 0 Å². The van der Waals surface area contributed by atoms with Crippen LogP contribution in [-0.4, -0.2) is 0 Å². The predicted octanol–water partition coefficient (Wildman–Crippen LogP) is 4.70. The number of hydrogen-bond donors (Lipinski definition) is 1. The summed E-state index contributed by atoms with van der Waals surface area (Å²) in [7, 11) is 0. The smallest absolute Gasteiger partial charge is 0.120 e. The molecule has 2 aromatic rings. The van der Waals surface area contributed by atoms with E-state index in [0.717, 1.165) is 17.4 Å². The van der Waals surface area contributed by atoms with Crippen LogP contribution in [0.2, 0.25) is 0 Å². The zero-order chi connectivity index (χ0) is 14.1. The number of hydrogen-bond acceptors (Lipinski definition) is 2. The van der Waals surface area contributed by atoms with Crippen molar-refractivity contribution in [3.63, 3.8) is 0 Å². The third-order valence-corrected chi connectivity index (χ3v) is 4.15. The second-order valence-corrected chi connectivity index (χ2v) is 6.06. The van der Waals surface area contributed by atoms with E-state index >= 15 is 0 Å². The van der Waals surface area contributed by atoms with Crippen LogP contribution in [0.15, 0.2) is 40.8 Å². The van der Waals surface area contributed by atoms with E-state index in [2.05, 4.69) is 49.5 Å². The van der Waals surface area contributed by atoms with Crippen LogP contribution in [0.4, 0.5) is 0 Å². The molecule has 1 aliphatic rings. The van der Waals surface area contributed by atoms with E-state index in [1.165, 1.54) is 24.0 Å². The Morgan fingerprint density at radius 3 is 2.30 bits per heavy atom. The van der Waals surface area contributed by atoms with Crippen molar-refractivity contribution in [3.8, 4) is 0 Å². The van der Waals surface area contributed by atoms with Gasteiger partial charge in [0.25, 0.3) is 0 Å². The molecular formula is C18H23NO. The zero-order valence-corrected chi connectivity index (χ0v) is 12.5. The minimum Gasteiger partial charge on any atom is -0.465 e. The molecule has 1 heterocycles. The molecule has 106 valence electrons. The fourth-order valence-corrected chi connectivity index (χ4v) is 2.75. The van der Waals surface area contributed by atoms with Gasteiger partial charge in [0.15, 0.2) is 0 Å². The highest BCUT2D eigenvalue weighted by Crippen LogP contribution is 2.42. The molecule has 2 atom stereocenters. The van der Waals surface area contributed by atoms with Crippen LogP contribution in [0.1, 0.15) is 54.5 Å². The maximum atomic E-state index is 5.74. The van der Waals surface area contributed by atoms with Crippen molar-refractivity contribution in [2.45, 2.75) is 45.7 Å². The quantitative estimate of drug-likeness (QED) is 0.851. The molecule has 0 aliphatic heterocycles. The van der Waals surface area contributed by atoms with Gasteiger partial charge in [-0.25, -0.2) is 0 Å². The average molecular weight is 269 g/mol. The van der Waals surface area contributed by atoms with Crippen LogP contribution in [0.3, 0.4) is 0 Å². The lowest BCUT2D eigenvalue weighted by atomic mass is 10.00. The molecule has 2 unspecified atom stereocenters. The van der Waals surface area contributed by atoms with E-state index < -0.39 is 0 Å². The highest BCUT2D eigenvalue weighted by molar-refractivity contribution is 5.26. The average Bonchev–Trinajstić information content (AvgIpc) is 3.18. The third-order valence-electron chi connectivity index (χ3n) is 4.15. The first-order valence-corrected chi connectivity index (χ1v) is 7.52. The van der Waals surface area contributed by atoms with Gasteiger partial charge in [0.05, 0.1) is 6.04 Å². The van der Waals surface area contributed by atoms with Gasteiger partial charge < -0.3 is 9.73 Å². The maximum absolute atomic E-state index is 5.74. The third kappa shape index (κ3) is 2.96. The van der Waals surface area contributed by atoms with Crippen LogP contribution in [0, 0.1) is 19.8 Å². The number of benzene rings is 1. The summed E-state index contributed by atoms with van der Waals surface area (Å²) in [6.07, 6.45) is 2.66. The monoisotopic (exact) mass is 269 g/mol. The largest absolute Gasteiger partial charge is 0.465 e. The molecule has 2 nitrogen and oxygen atoms in total. The lowest BCUT2D eigenvalue weighted by Gasteiger charge is -2.23. The highest BCUT2D eigenvalue weighted by atomic mass is 16.3. The van der Waals surface area contributed by atoms with E-state index in [-0.39, 0.29) is 6.04 Å². The summed E-state index contributed by atoms with van der Waals surface area (Å²) in [5.74, 6) is 2.78. The summed E-state index contributed by atoms with van der Waals surface area (Å²) in [5.41, 5.74) is 2.71. The van der Waals surface area contributed by atoms with Gasteiger partial charge in [-0.15, -0.1) is 0 Å². The van der Waals surface area contributed by atoms with Gasteiger partial charge in [-0.2, -0.15) is 0 Å². The Labute approximate surface area is 121 Å². The SMILES string of the molecule is Cc1ccc(C(NC(C)c2ccc(C)o2)C2CC2)cc1.